The highest BCUT2D eigenvalue weighted by molar-refractivity contribution is 5.76. The molecule has 0 bridgehead atoms. The molecule has 0 saturated carbocycles. The van der Waals surface area contributed by atoms with Crippen molar-refractivity contribution in [3.63, 3.8) is 0 Å². The molecule has 0 aliphatic rings. The van der Waals surface area contributed by atoms with Crippen molar-refractivity contribution in [1.82, 2.24) is 5.32 Å². The van der Waals surface area contributed by atoms with E-state index in [0.717, 1.165) is 5.76 Å². The Kier molecular flexibility index (Phi) is 5.65. The van der Waals surface area contributed by atoms with Crippen molar-refractivity contribution in [1.29, 1.82) is 0 Å². The molecule has 4 nitrogen and oxygen atoms in total. The zero-order chi connectivity index (χ0) is 17.5. The monoisotopic (exact) mass is 335 g/mol. The number of quaternary nitrogens is 1. The largest absolute Gasteiger partial charge is 0.467 e. The summed E-state index contributed by atoms with van der Waals surface area (Å²) in [5.74, 6) is 0.746. The number of nitrogens with one attached hydrogen (secondary N) is 1. The topological polar surface area (TPSA) is 58.9 Å². The highest BCUT2D eigenvalue weighted by Gasteiger charge is 2.18. The Hall–Kier alpha value is -2.85. The number of furan rings is 1. The first-order chi connectivity index (χ1) is 12.2. The lowest BCUT2D eigenvalue weighted by molar-refractivity contribution is -0.676. The molecule has 2 aromatic carbocycles. The Morgan fingerprint density at radius 3 is 2.40 bits per heavy atom. The van der Waals surface area contributed by atoms with Crippen LogP contribution >= 0.6 is 0 Å². The van der Waals surface area contributed by atoms with Crippen LogP contribution < -0.4 is 10.6 Å². The normalized spacial score (nSPS) is 11.9. The zero-order valence-corrected chi connectivity index (χ0v) is 14.3. The van der Waals surface area contributed by atoms with Gasteiger partial charge in [0.15, 0.2) is 6.54 Å². The van der Waals surface area contributed by atoms with Crippen molar-refractivity contribution < 1.29 is 14.5 Å². The lowest BCUT2D eigenvalue weighted by atomic mass is 9.98. The molecule has 1 heterocycles. The summed E-state index contributed by atoms with van der Waals surface area (Å²) in [5, 5.41) is 4.96. The molecule has 1 amide bonds. The number of carbonyl (C=O) groups excluding carboxylic acids is 1. The first kappa shape index (κ1) is 17.0. The molecule has 0 fully saturated rings. The molecule has 3 rings (SSSR count). The van der Waals surface area contributed by atoms with E-state index < -0.39 is 0 Å². The summed E-state index contributed by atoms with van der Waals surface area (Å²) in [4.78, 5) is 12.2. The summed E-state index contributed by atoms with van der Waals surface area (Å²) in [6.07, 6.45) is 1.61. The van der Waals surface area contributed by atoms with Gasteiger partial charge in [0.25, 0.3) is 5.91 Å². The van der Waals surface area contributed by atoms with Gasteiger partial charge in [-0.25, -0.2) is 0 Å². The third-order valence-corrected chi connectivity index (χ3v) is 4.17. The van der Waals surface area contributed by atoms with Gasteiger partial charge in [-0.15, -0.1) is 0 Å². The van der Waals surface area contributed by atoms with E-state index >= 15 is 0 Å². The summed E-state index contributed by atoms with van der Waals surface area (Å²) < 4.78 is 5.23. The average molecular weight is 335 g/mol. The van der Waals surface area contributed by atoms with Crippen LogP contribution in [0.3, 0.4) is 0 Å². The summed E-state index contributed by atoms with van der Waals surface area (Å²) in [6.45, 7) is 2.85. The number of rotatable bonds is 7. The predicted octanol–water partition coefficient (Wildman–Crippen LogP) is 2.56. The first-order valence-corrected chi connectivity index (χ1v) is 8.46. The maximum atomic E-state index is 12.2. The van der Waals surface area contributed by atoms with E-state index in [4.69, 9.17) is 4.42 Å². The molecule has 1 aromatic heterocycles. The third-order valence-electron chi connectivity index (χ3n) is 4.17. The Bertz CT molecular complexity index is 781. The summed E-state index contributed by atoms with van der Waals surface area (Å²) in [7, 11) is 0. The molecule has 128 valence electrons. The van der Waals surface area contributed by atoms with E-state index in [0.29, 0.717) is 13.1 Å². The minimum Gasteiger partial charge on any atom is -0.467 e. The van der Waals surface area contributed by atoms with Crippen molar-refractivity contribution in [3.05, 3.63) is 95.4 Å². The molecular weight excluding hydrogens is 312 g/mol. The first-order valence-electron chi connectivity index (χ1n) is 8.46. The van der Waals surface area contributed by atoms with Gasteiger partial charge in [-0.3, -0.25) is 4.79 Å². The smallest absolute Gasteiger partial charge is 0.275 e. The Morgan fingerprint density at radius 1 is 1.00 bits per heavy atom. The van der Waals surface area contributed by atoms with E-state index in [2.05, 4.69) is 54.0 Å². The molecule has 0 unspecified atom stereocenters. The zero-order valence-electron chi connectivity index (χ0n) is 14.3. The molecule has 4 heteroatoms. The van der Waals surface area contributed by atoms with Gasteiger partial charge in [-0.1, -0.05) is 60.2 Å². The number of hydrogen-bond acceptors (Lipinski definition) is 2. The summed E-state index contributed by atoms with van der Waals surface area (Å²) in [5.41, 5.74) is 3.60. The second kappa shape index (κ2) is 8.31. The highest BCUT2D eigenvalue weighted by Crippen LogP contribution is 2.18. The summed E-state index contributed by atoms with van der Waals surface area (Å²) in [6, 6.07) is 22.5. The number of nitrogens with two attached hydrogens (primary N) is 1. The quantitative estimate of drug-likeness (QED) is 0.697. The minimum atomic E-state index is -0.00978. The predicted molar refractivity (Wildman–Crippen MR) is 96.8 cm³/mol. The van der Waals surface area contributed by atoms with E-state index in [1.807, 2.05) is 30.3 Å². The van der Waals surface area contributed by atoms with Gasteiger partial charge < -0.3 is 15.1 Å². The van der Waals surface area contributed by atoms with Gasteiger partial charge in [-0.05, 0) is 19.1 Å². The molecule has 3 N–H and O–H groups in total. The summed E-state index contributed by atoms with van der Waals surface area (Å²) >= 11 is 0. The van der Waals surface area contributed by atoms with Crippen LogP contribution in [-0.2, 0) is 11.3 Å². The van der Waals surface area contributed by atoms with Gasteiger partial charge in [0.1, 0.15) is 11.8 Å². The maximum Gasteiger partial charge on any atom is 0.275 e. The highest BCUT2D eigenvalue weighted by atomic mass is 16.3. The number of amides is 1. The van der Waals surface area contributed by atoms with Crippen LogP contribution in [0.1, 0.15) is 28.5 Å². The fourth-order valence-electron chi connectivity index (χ4n) is 2.79. The molecular formula is C21H23N2O2+. The lowest BCUT2D eigenvalue weighted by Gasteiger charge is -2.16. The molecule has 0 radical (unpaired) electrons. The molecule has 0 aliphatic heterocycles. The van der Waals surface area contributed by atoms with Gasteiger partial charge in [0.05, 0.1) is 12.8 Å². The second-order valence-electron chi connectivity index (χ2n) is 6.09. The van der Waals surface area contributed by atoms with Crippen molar-refractivity contribution in [3.8, 4) is 0 Å². The Morgan fingerprint density at radius 2 is 1.72 bits per heavy atom. The van der Waals surface area contributed by atoms with Crippen LogP contribution in [0.15, 0.2) is 77.4 Å². The number of hydrogen-bond donors (Lipinski definition) is 2. The minimum absolute atomic E-state index is 0.00978. The standard InChI is InChI=1S/C21H22N2O2/c1-16-9-11-18(12-10-16)21(17-6-3-2-4-7-17)23-15-20(24)22-14-19-8-5-13-25-19/h2-13,21,23H,14-15H2,1H3,(H,22,24)/p+1/t21-/m1/s1. The van der Waals surface area contributed by atoms with Crippen LogP contribution in [0.2, 0.25) is 0 Å². The molecule has 0 spiro atoms. The fraction of sp³-hybridized carbons (Fsp3) is 0.190. The molecule has 0 aliphatic carbocycles. The number of carbonyl (C=O) groups is 1. The van der Waals surface area contributed by atoms with E-state index in [9.17, 15) is 4.79 Å². The van der Waals surface area contributed by atoms with E-state index in [1.165, 1.54) is 16.7 Å². The Labute approximate surface area is 147 Å². The van der Waals surface area contributed by atoms with Gasteiger partial charge in [0, 0.05) is 11.1 Å². The molecule has 25 heavy (non-hydrogen) atoms. The maximum absolute atomic E-state index is 12.2. The third kappa shape index (κ3) is 4.81. The second-order valence-corrected chi connectivity index (χ2v) is 6.09. The van der Waals surface area contributed by atoms with E-state index in [1.54, 1.807) is 6.26 Å². The van der Waals surface area contributed by atoms with Gasteiger partial charge >= 0.3 is 0 Å². The van der Waals surface area contributed by atoms with Crippen LogP contribution in [0, 0.1) is 6.92 Å². The van der Waals surface area contributed by atoms with E-state index in [-0.39, 0.29) is 11.9 Å². The SMILES string of the molecule is Cc1ccc([C@H]([NH2+]CC(=O)NCc2ccco2)c2ccccc2)cc1. The average Bonchev–Trinajstić information content (AvgIpc) is 3.16. The molecule has 3 aromatic rings. The Balaban J connectivity index is 1.65. The van der Waals surface area contributed by atoms with Crippen LogP contribution in [0.25, 0.3) is 0 Å². The van der Waals surface area contributed by atoms with Crippen molar-refractivity contribution in [2.24, 2.45) is 0 Å². The molecule has 1 atom stereocenters. The molecule has 0 saturated heterocycles. The van der Waals surface area contributed by atoms with Crippen molar-refractivity contribution >= 4 is 5.91 Å². The van der Waals surface area contributed by atoms with Gasteiger partial charge in [0.2, 0.25) is 0 Å². The van der Waals surface area contributed by atoms with Crippen molar-refractivity contribution in [2.45, 2.75) is 19.5 Å². The van der Waals surface area contributed by atoms with Crippen LogP contribution in [0.5, 0.6) is 0 Å². The van der Waals surface area contributed by atoms with Gasteiger partial charge in [-0.2, -0.15) is 0 Å². The fourth-order valence-corrected chi connectivity index (χ4v) is 2.79. The van der Waals surface area contributed by atoms with Crippen LogP contribution in [-0.4, -0.2) is 12.5 Å². The lowest BCUT2D eigenvalue weighted by Crippen LogP contribution is -2.87. The van der Waals surface area contributed by atoms with Crippen LogP contribution in [0.4, 0.5) is 0 Å². The van der Waals surface area contributed by atoms with Crippen molar-refractivity contribution in [2.75, 3.05) is 6.54 Å². The number of aryl methyl sites for hydroxylation is 1. The number of benzene rings is 2.